The van der Waals surface area contributed by atoms with Crippen LogP contribution in [0, 0.1) is 5.92 Å². The molecule has 104 valence electrons. The summed E-state index contributed by atoms with van der Waals surface area (Å²) in [6.45, 7) is 2.97. The van der Waals surface area contributed by atoms with Crippen molar-refractivity contribution in [3.05, 3.63) is 52.3 Å². The number of para-hydroxylation sites is 1. The van der Waals surface area contributed by atoms with E-state index in [4.69, 9.17) is 0 Å². The van der Waals surface area contributed by atoms with E-state index in [1.807, 2.05) is 47.0 Å². The smallest absolute Gasteiger partial charge is 0.274 e. The second-order valence-electron chi connectivity index (χ2n) is 5.51. The fourth-order valence-electron chi connectivity index (χ4n) is 2.86. The predicted octanol–water partition coefficient (Wildman–Crippen LogP) is 3.63. The highest BCUT2D eigenvalue weighted by Crippen LogP contribution is 2.31. The monoisotopic (exact) mass is 332 g/mol. The van der Waals surface area contributed by atoms with Gasteiger partial charge in [0.05, 0.1) is 0 Å². The molecule has 3 rings (SSSR count). The molecule has 0 N–H and O–H groups in total. The molecular weight excluding hydrogens is 316 g/mol. The molecule has 1 amide bonds. The molecule has 1 aliphatic rings. The Balaban J connectivity index is 2.02. The molecule has 0 bridgehead atoms. The second-order valence-corrected chi connectivity index (χ2v) is 6.42. The van der Waals surface area contributed by atoms with E-state index >= 15 is 0 Å². The average Bonchev–Trinajstić information content (AvgIpc) is 2.76. The number of rotatable bonds is 1. The number of hydrogen-bond acceptors (Lipinski definition) is 1. The molecular formula is C16H17BrN2O. The summed E-state index contributed by atoms with van der Waals surface area (Å²) in [5.74, 6) is 0.551. The van der Waals surface area contributed by atoms with Gasteiger partial charge in [-0.2, -0.15) is 0 Å². The van der Waals surface area contributed by atoms with E-state index in [9.17, 15) is 4.79 Å². The molecule has 0 aliphatic carbocycles. The van der Waals surface area contributed by atoms with E-state index in [0.29, 0.717) is 11.6 Å². The van der Waals surface area contributed by atoms with Gasteiger partial charge in [-0.15, -0.1) is 0 Å². The van der Waals surface area contributed by atoms with Crippen LogP contribution in [0.25, 0.3) is 0 Å². The zero-order valence-electron chi connectivity index (χ0n) is 11.6. The lowest BCUT2D eigenvalue weighted by molar-refractivity contribution is 0.0973. The summed E-state index contributed by atoms with van der Waals surface area (Å²) in [4.78, 5) is 14.7. The summed E-state index contributed by atoms with van der Waals surface area (Å²) < 4.78 is 2.80. The van der Waals surface area contributed by atoms with Crippen molar-refractivity contribution >= 4 is 27.5 Å². The van der Waals surface area contributed by atoms with Gasteiger partial charge >= 0.3 is 0 Å². The minimum Gasteiger partial charge on any atom is -0.345 e. The van der Waals surface area contributed by atoms with E-state index < -0.39 is 0 Å². The van der Waals surface area contributed by atoms with E-state index in [1.165, 1.54) is 5.56 Å². The number of aromatic nitrogens is 1. The number of carbonyl (C=O) groups excluding carboxylic acids is 1. The third kappa shape index (κ3) is 2.29. The maximum atomic E-state index is 12.8. The molecule has 1 aliphatic heterocycles. The second kappa shape index (κ2) is 5.09. The summed E-state index contributed by atoms with van der Waals surface area (Å²) in [5.41, 5.74) is 3.02. The van der Waals surface area contributed by atoms with Crippen LogP contribution in [0.15, 0.2) is 41.0 Å². The Bertz CT molecular complexity index is 662. The molecule has 0 saturated heterocycles. The van der Waals surface area contributed by atoms with Crippen molar-refractivity contribution in [2.24, 2.45) is 13.0 Å². The van der Waals surface area contributed by atoms with Gasteiger partial charge in [-0.05, 0) is 46.0 Å². The number of nitrogens with zero attached hydrogens (tertiary/aromatic N) is 2. The van der Waals surface area contributed by atoms with E-state index in [2.05, 4.69) is 28.9 Å². The number of benzene rings is 1. The van der Waals surface area contributed by atoms with Crippen LogP contribution < -0.4 is 4.90 Å². The molecule has 3 nitrogen and oxygen atoms in total. The van der Waals surface area contributed by atoms with Gasteiger partial charge in [-0.1, -0.05) is 25.1 Å². The quantitative estimate of drug-likeness (QED) is 0.782. The number of hydrogen-bond donors (Lipinski definition) is 0. The van der Waals surface area contributed by atoms with Crippen molar-refractivity contribution in [3.8, 4) is 0 Å². The van der Waals surface area contributed by atoms with Gasteiger partial charge in [0.25, 0.3) is 5.91 Å². The largest absolute Gasteiger partial charge is 0.345 e. The van der Waals surface area contributed by atoms with E-state index in [-0.39, 0.29) is 5.91 Å². The minimum atomic E-state index is 0.0669. The normalized spacial score (nSPS) is 17.9. The highest BCUT2D eigenvalue weighted by atomic mass is 79.9. The summed E-state index contributed by atoms with van der Waals surface area (Å²) in [6.07, 6.45) is 2.95. The van der Waals surface area contributed by atoms with Crippen molar-refractivity contribution in [1.82, 2.24) is 4.57 Å². The molecule has 0 spiro atoms. The molecule has 1 atom stereocenters. The van der Waals surface area contributed by atoms with Gasteiger partial charge < -0.3 is 9.47 Å². The van der Waals surface area contributed by atoms with Crippen LogP contribution in [0.5, 0.6) is 0 Å². The standard InChI is InChI=1S/C16H17BrN2O/c1-11-7-12-5-3-4-6-14(12)19(9-11)16(20)15-8-13(17)10-18(15)2/h3-6,8,10-11H,7,9H2,1-2H3. The van der Waals surface area contributed by atoms with Gasteiger partial charge in [0, 0.05) is 29.9 Å². The summed E-state index contributed by atoms with van der Waals surface area (Å²) in [5, 5.41) is 0. The Morgan fingerprint density at radius 3 is 2.80 bits per heavy atom. The highest BCUT2D eigenvalue weighted by molar-refractivity contribution is 9.10. The van der Waals surface area contributed by atoms with Crippen LogP contribution in [0.1, 0.15) is 23.0 Å². The lowest BCUT2D eigenvalue weighted by Gasteiger charge is -2.33. The van der Waals surface area contributed by atoms with Crippen molar-refractivity contribution in [1.29, 1.82) is 0 Å². The summed E-state index contributed by atoms with van der Waals surface area (Å²) >= 11 is 3.43. The van der Waals surface area contributed by atoms with E-state index in [0.717, 1.165) is 23.1 Å². The van der Waals surface area contributed by atoms with Crippen LogP contribution in [-0.2, 0) is 13.5 Å². The molecule has 2 aromatic rings. The van der Waals surface area contributed by atoms with Crippen molar-refractivity contribution in [3.63, 3.8) is 0 Å². The number of anilines is 1. The third-order valence-electron chi connectivity index (χ3n) is 3.78. The fraction of sp³-hybridized carbons (Fsp3) is 0.312. The van der Waals surface area contributed by atoms with Crippen molar-refractivity contribution < 1.29 is 4.79 Å². The molecule has 0 fully saturated rings. The third-order valence-corrected chi connectivity index (χ3v) is 4.21. The van der Waals surface area contributed by atoms with Gasteiger partial charge in [-0.3, -0.25) is 4.79 Å². The van der Waals surface area contributed by atoms with Crippen LogP contribution >= 0.6 is 15.9 Å². The first-order valence-electron chi connectivity index (χ1n) is 6.78. The van der Waals surface area contributed by atoms with Crippen molar-refractivity contribution in [2.75, 3.05) is 11.4 Å². The van der Waals surface area contributed by atoms with Gasteiger partial charge in [0.2, 0.25) is 0 Å². The maximum absolute atomic E-state index is 12.8. The van der Waals surface area contributed by atoms with Crippen molar-refractivity contribution in [2.45, 2.75) is 13.3 Å². The fourth-order valence-corrected chi connectivity index (χ4v) is 3.39. The lowest BCUT2D eigenvalue weighted by atomic mass is 9.93. The zero-order chi connectivity index (χ0) is 14.3. The highest BCUT2D eigenvalue weighted by Gasteiger charge is 2.28. The first kappa shape index (κ1) is 13.4. The maximum Gasteiger partial charge on any atom is 0.274 e. The first-order valence-corrected chi connectivity index (χ1v) is 7.57. The molecule has 0 saturated carbocycles. The Kier molecular flexibility index (Phi) is 3.42. The van der Waals surface area contributed by atoms with Gasteiger partial charge in [0.15, 0.2) is 0 Å². The van der Waals surface area contributed by atoms with Gasteiger partial charge in [0.1, 0.15) is 5.69 Å². The molecule has 20 heavy (non-hydrogen) atoms. The summed E-state index contributed by atoms with van der Waals surface area (Å²) in [7, 11) is 1.90. The number of amides is 1. The SMILES string of the molecule is CC1Cc2ccccc2N(C(=O)c2cc(Br)cn2C)C1. The van der Waals surface area contributed by atoms with Crippen LogP contribution in [-0.4, -0.2) is 17.0 Å². The number of fused-ring (bicyclic) bond motifs is 1. The number of carbonyl (C=O) groups is 1. The minimum absolute atomic E-state index is 0.0669. The Labute approximate surface area is 127 Å². The number of halogens is 1. The Morgan fingerprint density at radius 1 is 1.35 bits per heavy atom. The Morgan fingerprint density at radius 2 is 2.10 bits per heavy atom. The topological polar surface area (TPSA) is 25.2 Å². The molecule has 2 heterocycles. The molecule has 0 radical (unpaired) electrons. The van der Waals surface area contributed by atoms with Crippen LogP contribution in [0.2, 0.25) is 0 Å². The van der Waals surface area contributed by atoms with Crippen LogP contribution in [0.3, 0.4) is 0 Å². The average molecular weight is 333 g/mol. The van der Waals surface area contributed by atoms with E-state index in [1.54, 1.807) is 0 Å². The molecule has 1 aromatic carbocycles. The first-order chi connectivity index (χ1) is 9.56. The molecule has 1 aromatic heterocycles. The van der Waals surface area contributed by atoms with Gasteiger partial charge in [-0.25, -0.2) is 0 Å². The predicted molar refractivity (Wildman–Crippen MR) is 84.1 cm³/mol. The Hall–Kier alpha value is -1.55. The molecule has 4 heteroatoms. The lowest BCUT2D eigenvalue weighted by Crippen LogP contribution is -2.39. The molecule has 1 unspecified atom stereocenters. The number of aryl methyl sites for hydroxylation is 1. The summed E-state index contributed by atoms with van der Waals surface area (Å²) in [6, 6.07) is 10.1. The zero-order valence-corrected chi connectivity index (χ0v) is 13.2. The van der Waals surface area contributed by atoms with Crippen LogP contribution in [0.4, 0.5) is 5.69 Å².